The summed E-state index contributed by atoms with van der Waals surface area (Å²) in [6.45, 7) is 0.661. The van der Waals surface area contributed by atoms with Gasteiger partial charge in [-0.05, 0) is 30.8 Å². The molecule has 0 unspecified atom stereocenters. The van der Waals surface area contributed by atoms with E-state index in [2.05, 4.69) is 16.7 Å². The quantitative estimate of drug-likeness (QED) is 0.849. The molecule has 0 radical (unpaired) electrons. The number of ether oxygens (including phenoxy) is 1. The molecule has 0 fully saturated rings. The van der Waals surface area contributed by atoms with Crippen LogP contribution in [-0.2, 0) is 6.42 Å². The molecular weight excluding hydrogens is 200 g/mol. The fraction of sp³-hybridized carbons (Fsp3) is 0.231. The van der Waals surface area contributed by atoms with Crippen LogP contribution in [0.3, 0.4) is 0 Å². The van der Waals surface area contributed by atoms with E-state index in [-0.39, 0.29) is 0 Å². The number of aromatic nitrogens is 1. The second-order valence-electron chi connectivity index (χ2n) is 3.61. The summed E-state index contributed by atoms with van der Waals surface area (Å²) in [5, 5.41) is 0. The number of nitrogens with two attached hydrogens (primary N) is 1. The van der Waals surface area contributed by atoms with Crippen molar-refractivity contribution < 1.29 is 4.74 Å². The molecule has 0 bridgehead atoms. The Balaban J connectivity index is 2.37. The first-order chi connectivity index (χ1) is 7.85. The lowest BCUT2D eigenvalue weighted by Crippen LogP contribution is -2.07. The summed E-state index contributed by atoms with van der Waals surface area (Å²) in [7, 11) is 1.68. The molecule has 0 aliphatic rings. The summed E-state index contributed by atoms with van der Waals surface area (Å²) >= 11 is 0. The molecule has 16 heavy (non-hydrogen) atoms. The lowest BCUT2D eigenvalue weighted by atomic mass is 10.2. The molecule has 84 valence electrons. The highest BCUT2D eigenvalue weighted by Gasteiger charge is 2.03. The number of hydrogen-bond donors (Lipinski definition) is 1. The number of methoxy groups -OCH3 is 1. The summed E-state index contributed by atoms with van der Waals surface area (Å²) in [4.78, 5) is 0. The van der Waals surface area contributed by atoms with Crippen molar-refractivity contribution in [3.05, 3.63) is 48.3 Å². The second kappa shape index (κ2) is 4.86. The first kappa shape index (κ1) is 10.8. The van der Waals surface area contributed by atoms with E-state index in [1.807, 2.05) is 30.5 Å². The normalized spacial score (nSPS) is 10.4. The maximum atomic E-state index is 5.58. The van der Waals surface area contributed by atoms with Gasteiger partial charge in [0.2, 0.25) is 0 Å². The fourth-order valence-electron chi connectivity index (χ4n) is 1.78. The molecule has 0 atom stereocenters. The van der Waals surface area contributed by atoms with Gasteiger partial charge in [0.25, 0.3) is 0 Å². The van der Waals surface area contributed by atoms with Crippen LogP contribution in [-0.4, -0.2) is 18.2 Å². The van der Waals surface area contributed by atoms with Crippen molar-refractivity contribution in [1.29, 1.82) is 0 Å². The van der Waals surface area contributed by atoms with E-state index < -0.39 is 0 Å². The summed E-state index contributed by atoms with van der Waals surface area (Å²) in [5.41, 5.74) is 7.91. The van der Waals surface area contributed by atoms with E-state index in [1.165, 1.54) is 5.69 Å². The minimum atomic E-state index is 0.661. The van der Waals surface area contributed by atoms with Gasteiger partial charge in [0.05, 0.1) is 7.11 Å². The van der Waals surface area contributed by atoms with Gasteiger partial charge < -0.3 is 15.0 Å². The van der Waals surface area contributed by atoms with Crippen LogP contribution in [0.5, 0.6) is 5.75 Å². The molecule has 3 heteroatoms. The Morgan fingerprint density at radius 2 is 2.12 bits per heavy atom. The Morgan fingerprint density at radius 3 is 2.88 bits per heavy atom. The summed E-state index contributed by atoms with van der Waals surface area (Å²) < 4.78 is 7.35. The van der Waals surface area contributed by atoms with E-state index >= 15 is 0 Å². The van der Waals surface area contributed by atoms with Gasteiger partial charge in [-0.2, -0.15) is 0 Å². The van der Waals surface area contributed by atoms with Crippen LogP contribution < -0.4 is 10.5 Å². The van der Waals surface area contributed by atoms with Crippen LogP contribution in [0.25, 0.3) is 5.69 Å². The van der Waals surface area contributed by atoms with Crippen molar-refractivity contribution in [2.75, 3.05) is 13.7 Å². The molecule has 1 aromatic carbocycles. The predicted octanol–water partition coefficient (Wildman–Crippen LogP) is 1.99. The van der Waals surface area contributed by atoms with Gasteiger partial charge >= 0.3 is 0 Å². The average Bonchev–Trinajstić information content (AvgIpc) is 2.78. The van der Waals surface area contributed by atoms with Crippen molar-refractivity contribution in [3.63, 3.8) is 0 Å². The Hall–Kier alpha value is -1.74. The first-order valence-corrected chi connectivity index (χ1v) is 5.36. The molecule has 0 aliphatic heterocycles. The maximum Gasteiger partial charge on any atom is 0.120 e. The molecule has 0 saturated carbocycles. The molecule has 1 heterocycles. The van der Waals surface area contributed by atoms with Gasteiger partial charge in [-0.1, -0.05) is 6.07 Å². The van der Waals surface area contributed by atoms with Crippen LogP contribution in [0, 0.1) is 0 Å². The molecule has 0 amide bonds. The largest absolute Gasteiger partial charge is 0.497 e. The van der Waals surface area contributed by atoms with E-state index in [0.29, 0.717) is 6.54 Å². The molecule has 0 aliphatic carbocycles. The highest BCUT2D eigenvalue weighted by atomic mass is 16.5. The van der Waals surface area contributed by atoms with Crippen molar-refractivity contribution in [3.8, 4) is 11.4 Å². The zero-order chi connectivity index (χ0) is 11.4. The van der Waals surface area contributed by atoms with Gasteiger partial charge in [-0.25, -0.2) is 0 Å². The molecule has 2 rings (SSSR count). The van der Waals surface area contributed by atoms with E-state index in [0.717, 1.165) is 17.9 Å². The zero-order valence-electron chi connectivity index (χ0n) is 9.39. The van der Waals surface area contributed by atoms with Crippen molar-refractivity contribution in [2.45, 2.75) is 6.42 Å². The standard InChI is InChI=1S/C13H16N2O/c1-16-13-6-2-4-12(10-13)15-9-3-5-11(15)7-8-14/h2-6,9-10H,7-8,14H2,1H3. The van der Waals surface area contributed by atoms with Crippen LogP contribution in [0.4, 0.5) is 0 Å². The smallest absolute Gasteiger partial charge is 0.120 e. The number of nitrogens with zero attached hydrogens (tertiary/aromatic N) is 1. The molecule has 3 nitrogen and oxygen atoms in total. The van der Waals surface area contributed by atoms with Crippen LogP contribution in [0.2, 0.25) is 0 Å². The fourth-order valence-corrected chi connectivity index (χ4v) is 1.78. The Kier molecular flexibility index (Phi) is 3.27. The van der Waals surface area contributed by atoms with Gasteiger partial charge in [0.15, 0.2) is 0 Å². The lowest BCUT2D eigenvalue weighted by Gasteiger charge is -2.09. The third-order valence-electron chi connectivity index (χ3n) is 2.57. The topological polar surface area (TPSA) is 40.2 Å². The number of hydrogen-bond acceptors (Lipinski definition) is 2. The summed E-state index contributed by atoms with van der Waals surface area (Å²) in [6.07, 6.45) is 2.92. The minimum absolute atomic E-state index is 0.661. The van der Waals surface area contributed by atoms with Crippen LogP contribution in [0.1, 0.15) is 5.69 Å². The average molecular weight is 216 g/mol. The SMILES string of the molecule is COc1cccc(-n2cccc2CCN)c1. The third-order valence-corrected chi connectivity index (χ3v) is 2.57. The highest BCUT2D eigenvalue weighted by Crippen LogP contribution is 2.18. The molecule has 2 aromatic rings. The Bertz CT molecular complexity index is 462. The Morgan fingerprint density at radius 1 is 1.25 bits per heavy atom. The zero-order valence-corrected chi connectivity index (χ0v) is 9.39. The van der Waals surface area contributed by atoms with E-state index in [4.69, 9.17) is 10.5 Å². The van der Waals surface area contributed by atoms with Gasteiger partial charge in [0, 0.05) is 30.1 Å². The van der Waals surface area contributed by atoms with E-state index in [1.54, 1.807) is 7.11 Å². The monoisotopic (exact) mass is 216 g/mol. The van der Waals surface area contributed by atoms with Crippen molar-refractivity contribution in [2.24, 2.45) is 5.73 Å². The van der Waals surface area contributed by atoms with Crippen molar-refractivity contribution >= 4 is 0 Å². The van der Waals surface area contributed by atoms with E-state index in [9.17, 15) is 0 Å². The molecule has 1 aromatic heterocycles. The maximum absolute atomic E-state index is 5.58. The minimum Gasteiger partial charge on any atom is -0.497 e. The molecule has 0 spiro atoms. The van der Waals surface area contributed by atoms with Gasteiger partial charge in [-0.15, -0.1) is 0 Å². The predicted molar refractivity (Wildman–Crippen MR) is 65.1 cm³/mol. The summed E-state index contributed by atoms with van der Waals surface area (Å²) in [5.74, 6) is 0.866. The van der Waals surface area contributed by atoms with Gasteiger partial charge in [-0.3, -0.25) is 0 Å². The number of rotatable bonds is 4. The van der Waals surface area contributed by atoms with Gasteiger partial charge in [0.1, 0.15) is 5.75 Å². The first-order valence-electron chi connectivity index (χ1n) is 5.36. The second-order valence-corrected chi connectivity index (χ2v) is 3.61. The molecular formula is C13H16N2O. The molecule has 2 N–H and O–H groups in total. The third kappa shape index (κ3) is 2.09. The van der Waals surface area contributed by atoms with Crippen LogP contribution in [0.15, 0.2) is 42.6 Å². The number of benzene rings is 1. The summed E-state index contributed by atoms with van der Waals surface area (Å²) in [6, 6.07) is 12.1. The Labute approximate surface area is 95.5 Å². The highest BCUT2D eigenvalue weighted by molar-refractivity contribution is 5.41. The molecule has 0 saturated heterocycles. The van der Waals surface area contributed by atoms with Crippen LogP contribution >= 0.6 is 0 Å². The van der Waals surface area contributed by atoms with Crippen molar-refractivity contribution in [1.82, 2.24) is 4.57 Å². The lowest BCUT2D eigenvalue weighted by molar-refractivity contribution is 0.414.